The van der Waals surface area contributed by atoms with Gasteiger partial charge in [-0.15, -0.1) is 0 Å². The molecule has 2 aliphatic rings. The normalized spacial score (nSPS) is 33.4. The molecule has 2 saturated heterocycles. The molecule has 0 aromatic heterocycles. The van der Waals surface area contributed by atoms with E-state index in [9.17, 15) is 13.2 Å². The predicted octanol–water partition coefficient (Wildman–Crippen LogP) is 1.24. The summed E-state index contributed by atoms with van der Waals surface area (Å²) in [6, 6.07) is 6.12. The summed E-state index contributed by atoms with van der Waals surface area (Å²) in [5.74, 6) is 0.215. The second-order valence-electron chi connectivity index (χ2n) is 4.98. The highest BCUT2D eigenvalue weighted by atomic mass is 32.3. The zero-order chi connectivity index (χ0) is 13.6. The highest BCUT2D eigenvalue weighted by molar-refractivity contribution is 7.98. The quantitative estimate of drug-likeness (QED) is 0.636. The Bertz CT molecular complexity index is 563. The maximum absolute atomic E-state index is 12.9. The van der Waals surface area contributed by atoms with Gasteiger partial charge in [-0.05, 0) is 29.9 Å². The van der Waals surface area contributed by atoms with Gasteiger partial charge >= 0.3 is 0 Å². The Morgan fingerprint density at radius 2 is 2.11 bits per heavy atom. The fourth-order valence-corrected chi connectivity index (χ4v) is 4.96. The van der Waals surface area contributed by atoms with Crippen molar-refractivity contribution in [2.45, 2.75) is 18.6 Å². The van der Waals surface area contributed by atoms with Crippen molar-refractivity contribution in [1.82, 2.24) is 10.2 Å². The third-order valence-electron chi connectivity index (χ3n) is 3.57. The first-order valence-corrected chi connectivity index (χ1v) is 8.24. The number of nitrogens with zero attached hydrogens (tertiary/aromatic N) is 1. The van der Waals surface area contributed by atoms with Crippen molar-refractivity contribution in [3.63, 3.8) is 0 Å². The fourth-order valence-electron chi connectivity index (χ4n) is 2.66. The molecule has 1 aromatic rings. The van der Waals surface area contributed by atoms with E-state index in [2.05, 4.69) is 5.32 Å². The SMILES string of the molecule is O=[S+]1(O)C[C@@H]2NC(=S)N(Cc3ccc(F)cc3)[C@H]2C1. The molecule has 1 unspecified atom stereocenters. The smallest absolute Gasteiger partial charge is 0.218 e. The minimum absolute atomic E-state index is 0.0462. The lowest BCUT2D eigenvalue weighted by Crippen LogP contribution is -2.36. The Morgan fingerprint density at radius 3 is 2.79 bits per heavy atom. The Labute approximate surface area is 117 Å². The minimum atomic E-state index is -2.73. The number of halogens is 1. The summed E-state index contributed by atoms with van der Waals surface area (Å²) in [5, 5.41) is 3.70. The number of hydrogen-bond donors (Lipinski definition) is 2. The molecule has 2 N–H and O–H groups in total. The van der Waals surface area contributed by atoms with E-state index in [1.165, 1.54) is 12.1 Å². The molecular weight excluding hydrogens is 287 g/mol. The van der Waals surface area contributed by atoms with E-state index in [-0.39, 0.29) is 29.4 Å². The summed E-state index contributed by atoms with van der Waals surface area (Å²) in [6.07, 6.45) is 0. The van der Waals surface area contributed by atoms with Crippen molar-refractivity contribution in [3.8, 4) is 0 Å². The van der Waals surface area contributed by atoms with Crippen LogP contribution < -0.4 is 5.32 Å². The monoisotopic (exact) mass is 301 g/mol. The lowest BCUT2D eigenvalue weighted by molar-refractivity contribution is 0.348. The fraction of sp³-hybridized carbons (Fsp3) is 0.417. The van der Waals surface area contributed by atoms with Gasteiger partial charge in [-0.2, -0.15) is 4.55 Å². The Balaban J connectivity index is 1.78. The van der Waals surface area contributed by atoms with Gasteiger partial charge in [0.25, 0.3) is 0 Å². The van der Waals surface area contributed by atoms with Gasteiger partial charge in [0.2, 0.25) is 10.2 Å². The average molecular weight is 301 g/mol. The maximum Gasteiger partial charge on any atom is 0.218 e. The van der Waals surface area contributed by atoms with Crippen molar-refractivity contribution in [2.24, 2.45) is 0 Å². The minimum Gasteiger partial charge on any atom is -0.353 e. The van der Waals surface area contributed by atoms with Crippen LogP contribution in [0.2, 0.25) is 0 Å². The highest BCUT2D eigenvalue weighted by Gasteiger charge is 2.53. The first-order chi connectivity index (χ1) is 8.94. The first kappa shape index (κ1) is 13.0. The van der Waals surface area contributed by atoms with Crippen LogP contribution in [0.15, 0.2) is 24.3 Å². The van der Waals surface area contributed by atoms with Crippen LogP contribution in [0, 0.1) is 5.82 Å². The van der Waals surface area contributed by atoms with Crippen molar-refractivity contribution < 1.29 is 13.2 Å². The largest absolute Gasteiger partial charge is 0.353 e. The molecule has 0 amide bonds. The molecule has 2 fully saturated rings. The van der Waals surface area contributed by atoms with E-state index in [1.807, 2.05) is 4.90 Å². The summed E-state index contributed by atoms with van der Waals surface area (Å²) in [4.78, 5) is 1.93. The van der Waals surface area contributed by atoms with E-state index in [0.717, 1.165) is 5.56 Å². The highest BCUT2D eigenvalue weighted by Crippen LogP contribution is 2.28. The van der Waals surface area contributed by atoms with Crippen LogP contribution in [0.4, 0.5) is 4.39 Å². The molecule has 7 heteroatoms. The van der Waals surface area contributed by atoms with Crippen LogP contribution in [0.3, 0.4) is 0 Å². The number of nitrogens with one attached hydrogen (secondary N) is 1. The van der Waals surface area contributed by atoms with Crippen molar-refractivity contribution in [3.05, 3.63) is 35.6 Å². The second-order valence-corrected chi connectivity index (χ2v) is 7.58. The van der Waals surface area contributed by atoms with Crippen molar-refractivity contribution in [2.75, 3.05) is 11.5 Å². The number of fused-ring (bicyclic) bond motifs is 1. The van der Waals surface area contributed by atoms with Crippen LogP contribution >= 0.6 is 12.2 Å². The molecule has 0 radical (unpaired) electrons. The molecule has 1 aromatic carbocycles. The van der Waals surface area contributed by atoms with E-state index in [1.54, 1.807) is 12.1 Å². The molecule has 19 heavy (non-hydrogen) atoms. The maximum atomic E-state index is 12.9. The van der Waals surface area contributed by atoms with Gasteiger partial charge in [-0.3, -0.25) is 0 Å². The van der Waals surface area contributed by atoms with Crippen molar-refractivity contribution in [1.29, 1.82) is 0 Å². The van der Waals surface area contributed by atoms with E-state index in [4.69, 9.17) is 12.2 Å². The summed E-state index contributed by atoms with van der Waals surface area (Å²) in [5.41, 5.74) is 0.933. The zero-order valence-electron chi connectivity index (χ0n) is 10.1. The molecule has 3 atom stereocenters. The lowest BCUT2D eigenvalue weighted by Gasteiger charge is -2.22. The van der Waals surface area contributed by atoms with Gasteiger partial charge in [-0.1, -0.05) is 16.3 Å². The van der Waals surface area contributed by atoms with Gasteiger partial charge in [0, 0.05) is 6.54 Å². The second kappa shape index (κ2) is 4.50. The van der Waals surface area contributed by atoms with Gasteiger partial charge in [0.1, 0.15) is 17.9 Å². The topological polar surface area (TPSA) is 52.6 Å². The molecule has 3 rings (SSSR count). The summed E-state index contributed by atoms with van der Waals surface area (Å²) >= 11 is 5.26. The molecular formula is C12H14FN2O2S2+. The summed E-state index contributed by atoms with van der Waals surface area (Å²) in [7, 11) is -2.73. The Morgan fingerprint density at radius 1 is 1.42 bits per heavy atom. The van der Waals surface area contributed by atoms with Crippen LogP contribution in [0.5, 0.6) is 0 Å². The van der Waals surface area contributed by atoms with Crippen LogP contribution in [-0.4, -0.2) is 38.2 Å². The summed E-state index contributed by atoms with van der Waals surface area (Å²) in [6.45, 7) is 0.531. The van der Waals surface area contributed by atoms with E-state index in [0.29, 0.717) is 11.7 Å². The van der Waals surface area contributed by atoms with Gasteiger partial charge in [0.15, 0.2) is 16.6 Å². The van der Waals surface area contributed by atoms with Crippen LogP contribution in [-0.2, 0) is 21.0 Å². The van der Waals surface area contributed by atoms with Gasteiger partial charge < -0.3 is 10.2 Å². The van der Waals surface area contributed by atoms with E-state index < -0.39 is 10.2 Å². The van der Waals surface area contributed by atoms with Crippen LogP contribution in [0.1, 0.15) is 5.56 Å². The summed E-state index contributed by atoms with van der Waals surface area (Å²) < 4.78 is 34.3. The first-order valence-electron chi connectivity index (χ1n) is 5.98. The molecule has 2 aliphatic heterocycles. The third kappa shape index (κ3) is 2.50. The Kier molecular flexibility index (Phi) is 3.07. The molecule has 0 aliphatic carbocycles. The average Bonchev–Trinajstić information content (AvgIpc) is 2.75. The number of rotatable bonds is 2. The standard InChI is InChI=1S/C12H13FN2O2S2/c13-9-3-1-8(2-4-9)5-15-11-7-19(16,17)6-10(11)14-12(15)18/h1-4,10-11H,5-7H2,(H-,14,16,17,18)/p+1/t10-,11-/m0/s1. The molecule has 4 nitrogen and oxygen atoms in total. The lowest BCUT2D eigenvalue weighted by atomic mass is 10.1. The number of benzene rings is 1. The molecule has 0 saturated carbocycles. The molecule has 0 spiro atoms. The van der Waals surface area contributed by atoms with Gasteiger partial charge in [0.05, 0.1) is 0 Å². The zero-order valence-corrected chi connectivity index (χ0v) is 11.7. The molecule has 0 bridgehead atoms. The number of thiocarbonyl (C=S) groups is 1. The Hall–Kier alpha value is -1.05. The van der Waals surface area contributed by atoms with E-state index >= 15 is 0 Å². The number of hydrogen-bond acceptors (Lipinski definition) is 2. The molecule has 2 heterocycles. The van der Waals surface area contributed by atoms with Crippen molar-refractivity contribution >= 4 is 27.5 Å². The predicted molar refractivity (Wildman–Crippen MR) is 75.7 cm³/mol. The van der Waals surface area contributed by atoms with Crippen LogP contribution in [0.25, 0.3) is 0 Å². The molecule has 102 valence electrons. The van der Waals surface area contributed by atoms with Gasteiger partial charge in [-0.25, -0.2) is 4.39 Å². The third-order valence-corrected chi connectivity index (χ3v) is 5.67.